The number of thioether (sulfide) groups is 1. The molecule has 8 heteroatoms. The van der Waals surface area contributed by atoms with Crippen molar-refractivity contribution in [3.05, 3.63) is 70.9 Å². The molecule has 1 heterocycles. The molecule has 2 aromatic carbocycles. The summed E-state index contributed by atoms with van der Waals surface area (Å²) in [6.45, 7) is 0.360. The number of anilines is 1. The van der Waals surface area contributed by atoms with Crippen molar-refractivity contribution >= 4 is 51.7 Å². The van der Waals surface area contributed by atoms with Crippen LogP contribution in [0.5, 0.6) is 0 Å². The van der Waals surface area contributed by atoms with Gasteiger partial charge in [-0.05, 0) is 29.8 Å². The molecule has 0 bridgehead atoms. The summed E-state index contributed by atoms with van der Waals surface area (Å²) in [4.78, 5) is 28.6. The Labute approximate surface area is 178 Å². The maximum absolute atomic E-state index is 12.3. The number of halogens is 1. The summed E-state index contributed by atoms with van der Waals surface area (Å²) in [5.74, 6) is -0.302. The Bertz CT molecular complexity index is 975. The van der Waals surface area contributed by atoms with E-state index in [1.54, 1.807) is 12.1 Å². The number of fused-ring (bicyclic) bond motifs is 1. The second-order valence-corrected chi connectivity index (χ2v) is 7.57. The molecule has 1 aliphatic rings. The molecule has 0 aromatic heterocycles. The Balaban J connectivity index is 1.66. The number of para-hydroxylation sites is 2. The molecule has 1 aliphatic heterocycles. The van der Waals surface area contributed by atoms with Crippen molar-refractivity contribution in [3.8, 4) is 0 Å². The van der Waals surface area contributed by atoms with Crippen LogP contribution >= 0.6 is 23.4 Å². The van der Waals surface area contributed by atoms with Gasteiger partial charge in [0.25, 0.3) is 0 Å². The normalized spacial score (nSPS) is 12.6. The largest absolute Gasteiger partial charge is 0.469 e. The van der Waals surface area contributed by atoms with Gasteiger partial charge in [0.05, 0.1) is 35.7 Å². The van der Waals surface area contributed by atoms with Crippen LogP contribution in [0.2, 0.25) is 5.02 Å². The number of hydrogen-bond acceptors (Lipinski definition) is 6. The minimum Gasteiger partial charge on any atom is -0.469 e. The third-order valence-corrected chi connectivity index (χ3v) is 5.36. The molecule has 0 fully saturated rings. The minimum atomic E-state index is -0.357. The van der Waals surface area contributed by atoms with E-state index in [0.717, 1.165) is 16.9 Å². The van der Waals surface area contributed by atoms with Gasteiger partial charge >= 0.3 is 5.97 Å². The first-order valence-electron chi connectivity index (χ1n) is 8.90. The van der Waals surface area contributed by atoms with Crippen LogP contribution < -0.4 is 10.6 Å². The minimum absolute atomic E-state index is 0.0864. The molecule has 3 rings (SSSR count). The fraction of sp³-hybridized carbons (Fsp3) is 0.190. The van der Waals surface area contributed by atoms with Gasteiger partial charge in [-0.2, -0.15) is 0 Å². The maximum Gasteiger partial charge on any atom is 0.311 e. The smallest absolute Gasteiger partial charge is 0.311 e. The highest BCUT2D eigenvalue weighted by Gasteiger charge is 2.15. The highest BCUT2D eigenvalue weighted by atomic mass is 35.5. The van der Waals surface area contributed by atoms with Crippen molar-refractivity contribution in [2.45, 2.75) is 13.0 Å². The molecule has 2 aromatic rings. The molecular formula is C21H20ClN3O3S. The quantitative estimate of drug-likeness (QED) is 0.669. The van der Waals surface area contributed by atoms with Crippen LogP contribution in [-0.2, 0) is 20.9 Å². The number of methoxy groups -OCH3 is 1. The van der Waals surface area contributed by atoms with Gasteiger partial charge in [-0.3, -0.25) is 9.59 Å². The number of nitrogens with one attached hydrogen (secondary N) is 2. The van der Waals surface area contributed by atoms with Crippen molar-refractivity contribution in [3.63, 3.8) is 0 Å². The Hall–Kier alpha value is -2.77. The summed E-state index contributed by atoms with van der Waals surface area (Å²) in [6, 6.07) is 14.9. The predicted molar refractivity (Wildman–Crippen MR) is 118 cm³/mol. The Morgan fingerprint density at radius 3 is 2.72 bits per heavy atom. The SMILES string of the molecule is COC(=O)CC1=CC(SCC(=O)NCc2ccccc2Cl)=Nc2ccccc2N1. The van der Waals surface area contributed by atoms with Gasteiger partial charge in [-0.15, -0.1) is 0 Å². The molecule has 0 saturated heterocycles. The van der Waals surface area contributed by atoms with Gasteiger partial charge in [0.1, 0.15) is 0 Å². The number of hydrogen-bond donors (Lipinski definition) is 2. The number of carbonyl (C=O) groups excluding carboxylic acids is 2. The molecule has 0 unspecified atom stereocenters. The van der Waals surface area contributed by atoms with Gasteiger partial charge in [-0.25, -0.2) is 4.99 Å². The second-order valence-electron chi connectivity index (χ2n) is 6.17. The molecule has 29 heavy (non-hydrogen) atoms. The number of benzene rings is 2. The molecule has 6 nitrogen and oxygen atoms in total. The summed E-state index contributed by atoms with van der Waals surface area (Å²) in [6.07, 6.45) is 1.85. The Morgan fingerprint density at radius 1 is 1.17 bits per heavy atom. The monoisotopic (exact) mass is 429 g/mol. The van der Waals surface area contributed by atoms with Crippen molar-refractivity contribution < 1.29 is 14.3 Å². The third kappa shape index (κ3) is 6.10. The summed E-state index contributed by atoms with van der Waals surface area (Å²) in [5.41, 5.74) is 3.05. The zero-order valence-electron chi connectivity index (χ0n) is 15.8. The number of aliphatic imine (C=N–C) groups is 1. The van der Waals surface area contributed by atoms with Gasteiger partial charge < -0.3 is 15.4 Å². The van der Waals surface area contributed by atoms with E-state index in [1.165, 1.54) is 18.9 Å². The van der Waals surface area contributed by atoms with Crippen LogP contribution in [-0.4, -0.2) is 29.8 Å². The highest BCUT2D eigenvalue weighted by molar-refractivity contribution is 8.14. The molecule has 0 aliphatic carbocycles. The first-order chi connectivity index (χ1) is 14.0. The highest BCUT2D eigenvalue weighted by Crippen LogP contribution is 2.31. The summed E-state index contributed by atoms with van der Waals surface area (Å²) < 4.78 is 4.76. The topological polar surface area (TPSA) is 79.8 Å². The molecule has 0 radical (unpaired) electrons. The van der Waals surface area contributed by atoms with E-state index in [9.17, 15) is 9.59 Å². The van der Waals surface area contributed by atoms with Gasteiger partial charge in [0, 0.05) is 17.3 Å². The van der Waals surface area contributed by atoms with Gasteiger partial charge in [0.2, 0.25) is 5.91 Å². The fourth-order valence-electron chi connectivity index (χ4n) is 2.61. The first kappa shape index (κ1) is 21.0. The standard InChI is InChI=1S/C21H20ClN3O3S/c1-28-21(27)11-15-10-20(25-18-9-5-4-8-17(18)24-15)29-13-19(26)23-12-14-6-2-3-7-16(14)22/h2-10,24H,11-13H2,1H3,(H,23,26). The van der Waals surface area contributed by atoms with Crippen LogP contribution in [0, 0.1) is 0 Å². The summed E-state index contributed by atoms with van der Waals surface area (Å²) >= 11 is 7.41. The number of rotatable bonds is 6. The lowest BCUT2D eigenvalue weighted by Gasteiger charge is -2.09. The number of esters is 1. The van der Waals surface area contributed by atoms with E-state index in [-0.39, 0.29) is 24.1 Å². The van der Waals surface area contributed by atoms with Crippen LogP contribution in [0.1, 0.15) is 12.0 Å². The zero-order chi connectivity index (χ0) is 20.6. The molecule has 0 atom stereocenters. The number of ether oxygens (including phenoxy) is 1. The molecule has 150 valence electrons. The molecule has 2 N–H and O–H groups in total. The van der Waals surface area contributed by atoms with Crippen molar-refractivity contribution in [1.29, 1.82) is 0 Å². The van der Waals surface area contributed by atoms with Crippen LogP contribution in [0.4, 0.5) is 11.4 Å². The maximum atomic E-state index is 12.3. The summed E-state index contributed by atoms with van der Waals surface area (Å²) in [7, 11) is 1.35. The Kier molecular flexibility index (Phi) is 7.32. The van der Waals surface area contributed by atoms with Crippen molar-refractivity contribution in [1.82, 2.24) is 5.32 Å². The second kappa shape index (κ2) is 10.1. The van der Waals surface area contributed by atoms with E-state index in [2.05, 4.69) is 15.6 Å². The van der Waals surface area contributed by atoms with Crippen molar-refractivity contribution in [2.75, 3.05) is 18.2 Å². The lowest BCUT2D eigenvalue weighted by atomic mass is 10.2. The predicted octanol–water partition coefficient (Wildman–Crippen LogP) is 4.29. The van der Waals surface area contributed by atoms with Crippen LogP contribution in [0.3, 0.4) is 0 Å². The Morgan fingerprint density at radius 2 is 1.93 bits per heavy atom. The average Bonchev–Trinajstić information content (AvgIpc) is 2.90. The third-order valence-electron chi connectivity index (χ3n) is 4.08. The van der Waals surface area contributed by atoms with E-state index in [0.29, 0.717) is 22.3 Å². The van der Waals surface area contributed by atoms with E-state index in [1.807, 2.05) is 42.5 Å². The molecule has 0 saturated carbocycles. The van der Waals surface area contributed by atoms with Gasteiger partial charge in [-0.1, -0.05) is 53.7 Å². The van der Waals surface area contributed by atoms with Crippen LogP contribution in [0.25, 0.3) is 0 Å². The fourth-order valence-corrected chi connectivity index (χ4v) is 3.58. The van der Waals surface area contributed by atoms with E-state index < -0.39 is 0 Å². The molecule has 1 amide bonds. The zero-order valence-corrected chi connectivity index (χ0v) is 17.3. The average molecular weight is 430 g/mol. The first-order valence-corrected chi connectivity index (χ1v) is 10.3. The van der Waals surface area contributed by atoms with E-state index >= 15 is 0 Å². The number of carbonyl (C=O) groups is 2. The van der Waals surface area contributed by atoms with Crippen molar-refractivity contribution in [2.24, 2.45) is 4.99 Å². The summed E-state index contributed by atoms with van der Waals surface area (Å²) in [5, 5.41) is 7.32. The lowest BCUT2D eigenvalue weighted by Crippen LogP contribution is -2.25. The lowest BCUT2D eigenvalue weighted by molar-refractivity contribution is -0.139. The molecule has 0 spiro atoms. The van der Waals surface area contributed by atoms with E-state index in [4.69, 9.17) is 16.3 Å². The number of nitrogens with zero attached hydrogens (tertiary/aromatic N) is 1. The van der Waals surface area contributed by atoms with Crippen LogP contribution in [0.15, 0.2) is 65.3 Å². The molecular weight excluding hydrogens is 410 g/mol. The number of amides is 1. The van der Waals surface area contributed by atoms with Gasteiger partial charge in [0.15, 0.2) is 0 Å².